The van der Waals surface area contributed by atoms with E-state index in [9.17, 15) is 9.18 Å². The summed E-state index contributed by atoms with van der Waals surface area (Å²) in [5.74, 6) is -0.122. The normalized spacial score (nSPS) is 15.9. The van der Waals surface area contributed by atoms with Crippen LogP contribution in [0.3, 0.4) is 0 Å². The van der Waals surface area contributed by atoms with Crippen LogP contribution < -0.4 is 4.74 Å². The molecule has 3 heteroatoms. The minimum absolute atomic E-state index is 0.0582. The molecule has 1 aliphatic carbocycles. The fourth-order valence-electron chi connectivity index (χ4n) is 1.73. The standard InChI is InChI=1S/C12H13FO2/c1-15-11-6-5-9(7-10(11)13)12(14)8-3-2-4-8/h5-8H,2-4H2,1H3. The summed E-state index contributed by atoms with van der Waals surface area (Å²) in [6.45, 7) is 0. The molecular weight excluding hydrogens is 195 g/mol. The second-order valence-corrected chi connectivity index (χ2v) is 3.84. The van der Waals surface area contributed by atoms with Gasteiger partial charge in [-0.25, -0.2) is 4.39 Å². The summed E-state index contributed by atoms with van der Waals surface area (Å²) in [6, 6.07) is 4.39. The van der Waals surface area contributed by atoms with Crippen molar-refractivity contribution in [1.29, 1.82) is 0 Å². The molecular formula is C12H13FO2. The van der Waals surface area contributed by atoms with E-state index in [1.165, 1.54) is 19.2 Å². The van der Waals surface area contributed by atoms with Crippen molar-refractivity contribution in [3.05, 3.63) is 29.6 Å². The summed E-state index contributed by atoms with van der Waals surface area (Å²) in [6.07, 6.45) is 2.98. The SMILES string of the molecule is COc1ccc(C(=O)C2CCC2)cc1F. The molecule has 0 saturated heterocycles. The molecule has 0 spiro atoms. The molecule has 0 heterocycles. The fourth-order valence-corrected chi connectivity index (χ4v) is 1.73. The van der Waals surface area contributed by atoms with E-state index in [0.29, 0.717) is 5.56 Å². The predicted octanol–water partition coefficient (Wildman–Crippen LogP) is 2.82. The minimum atomic E-state index is -0.470. The Morgan fingerprint density at radius 1 is 1.47 bits per heavy atom. The Hall–Kier alpha value is -1.38. The average Bonchev–Trinajstić information content (AvgIpc) is 2.15. The van der Waals surface area contributed by atoms with Crippen molar-refractivity contribution in [1.82, 2.24) is 0 Å². The summed E-state index contributed by atoms with van der Waals surface area (Å²) >= 11 is 0. The van der Waals surface area contributed by atoms with E-state index in [-0.39, 0.29) is 17.5 Å². The van der Waals surface area contributed by atoms with Gasteiger partial charge in [-0.05, 0) is 31.0 Å². The summed E-state index contributed by atoms with van der Waals surface area (Å²) < 4.78 is 18.1. The molecule has 1 aromatic carbocycles. The number of rotatable bonds is 3. The van der Waals surface area contributed by atoms with E-state index < -0.39 is 5.82 Å². The van der Waals surface area contributed by atoms with E-state index >= 15 is 0 Å². The Labute approximate surface area is 88.1 Å². The van der Waals surface area contributed by atoms with Crippen molar-refractivity contribution in [2.24, 2.45) is 5.92 Å². The first-order valence-corrected chi connectivity index (χ1v) is 5.10. The average molecular weight is 208 g/mol. The molecule has 0 radical (unpaired) electrons. The predicted molar refractivity (Wildman–Crippen MR) is 54.6 cm³/mol. The maximum absolute atomic E-state index is 13.3. The van der Waals surface area contributed by atoms with Crippen LogP contribution in [0.2, 0.25) is 0 Å². The molecule has 0 N–H and O–H groups in total. The largest absolute Gasteiger partial charge is 0.494 e. The topological polar surface area (TPSA) is 26.3 Å². The highest BCUT2D eigenvalue weighted by Crippen LogP contribution is 2.30. The number of ketones is 1. The number of benzene rings is 1. The number of methoxy groups -OCH3 is 1. The highest BCUT2D eigenvalue weighted by atomic mass is 19.1. The zero-order chi connectivity index (χ0) is 10.8. The van der Waals surface area contributed by atoms with Crippen LogP contribution in [-0.2, 0) is 0 Å². The van der Waals surface area contributed by atoms with Crippen molar-refractivity contribution in [3.63, 3.8) is 0 Å². The molecule has 2 rings (SSSR count). The second-order valence-electron chi connectivity index (χ2n) is 3.84. The third-order valence-corrected chi connectivity index (χ3v) is 2.91. The molecule has 0 unspecified atom stereocenters. The molecule has 15 heavy (non-hydrogen) atoms. The molecule has 2 nitrogen and oxygen atoms in total. The van der Waals surface area contributed by atoms with Crippen LogP contribution in [0.5, 0.6) is 5.75 Å². The van der Waals surface area contributed by atoms with Crippen LogP contribution in [-0.4, -0.2) is 12.9 Å². The lowest BCUT2D eigenvalue weighted by atomic mass is 9.80. The van der Waals surface area contributed by atoms with Gasteiger partial charge in [-0.3, -0.25) is 4.79 Å². The lowest BCUT2D eigenvalue weighted by molar-refractivity contribution is 0.0854. The Balaban J connectivity index is 2.21. The van der Waals surface area contributed by atoms with Gasteiger partial charge < -0.3 is 4.74 Å². The highest BCUT2D eigenvalue weighted by Gasteiger charge is 2.26. The second kappa shape index (κ2) is 4.01. The maximum atomic E-state index is 13.3. The molecule has 80 valence electrons. The Morgan fingerprint density at radius 3 is 2.67 bits per heavy atom. The molecule has 0 aliphatic heterocycles. The van der Waals surface area contributed by atoms with Crippen LogP contribution in [0.4, 0.5) is 4.39 Å². The molecule has 1 fully saturated rings. The molecule has 0 amide bonds. The van der Waals surface area contributed by atoms with Gasteiger partial charge in [0.2, 0.25) is 0 Å². The number of hydrogen-bond donors (Lipinski definition) is 0. The van der Waals surface area contributed by atoms with Gasteiger partial charge >= 0.3 is 0 Å². The Morgan fingerprint density at radius 2 is 2.20 bits per heavy atom. The first-order valence-electron chi connectivity index (χ1n) is 5.10. The zero-order valence-corrected chi connectivity index (χ0v) is 8.63. The van der Waals surface area contributed by atoms with Gasteiger partial charge in [0, 0.05) is 11.5 Å². The van der Waals surface area contributed by atoms with E-state index in [0.717, 1.165) is 19.3 Å². The summed E-state index contributed by atoms with van der Waals surface area (Å²) in [5, 5.41) is 0. The summed E-state index contributed by atoms with van der Waals surface area (Å²) in [7, 11) is 1.41. The van der Waals surface area contributed by atoms with Gasteiger partial charge in [-0.15, -0.1) is 0 Å². The Kier molecular flexibility index (Phi) is 2.71. The molecule has 0 bridgehead atoms. The van der Waals surface area contributed by atoms with Crippen LogP contribution in [0.15, 0.2) is 18.2 Å². The van der Waals surface area contributed by atoms with Crippen LogP contribution >= 0.6 is 0 Å². The van der Waals surface area contributed by atoms with Gasteiger partial charge in [0.05, 0.1) is 7.11 Å². The number of halogens is 1. The summed E-state index contributed by atoms with van der Waals surface area (Å²) in [4.78, 5) is 11.8. The van der Waals surface area contributed by atoms with E-state index in [1.54, 1.807) is 6.07 Å². The van der Waals surface area contributed by atoms with Crippen molar-refractivity contribution in [3.8, 4) is 5.75 Å². The number of Topliss-reactive ketones (excluding diaryl/α,β-unsaturated/α-hetero) is 1. The van der Waals surface area contributed by atoms with Gasteiger partial charge in [0.15, 0.2) is 17.3 Å². The number of carbonyl (C=O) groups excluding carboxylic acids is 1. The minimum Gasteiger partial charge on any atom is -0.494 e. The van der Waals surface area contributed by atoms with Crippen molar-refractivity contribution in [2.45, 2.75) is 19.3 Å². The lowest BCUT2D eigenvalue weighted by Crippen LogP contribution is -2.22. The van der Waals surface area contributed by atoms with Crippen molar-refractivity contribution < 1.29 is 13.9 Å². The molecule has 0 atom stereocenters. The zero-order valence-electron chi connectivity index (χ0n) is 8.63. The summed E-state index contributed by atoms with van der Waals surface area (Å²) in [5.41, 5.74) is 0.456. The van der Waals surface area contributed by atoms with Crippen molar-refractivity contribution in [2.75, 3.05) is 7.11 Å². The quantitative estimate of drug-likeness (QED) is 0.714. The van der Waals surface area contributed by atoms with Gasteiger partial charge in [0.1, 0.15) is 0 Å². The van der Waals surface area contributed by atoms with Gasteiger partial charge in [0.25, 0.3) is 0 Å². The lowest BCUT2D eigenvalue weighted by Gasteiger charge is -2.23. The van der Waals surface area contributed by atoms with Gasteiger partial charge in [-0.2, -0.15) is 0 Å². The van der Waals surface area contributed by atoms with E-state index in [2.05, 4.69) is 0 Å². The molecule has 1 saturated carbocycles. The highest BCUT2D eigenvalue weighted by molar-refractivity contribution is 5.98. The number of ether oxygens (including phenoxy) is 1. The van der Waals surface area contributed by atoms with E-state index in [4.69, 9.17) is 4.74 Å². The first kappa shape index (κ1) is 10.1. The third-order valence-electron chi connectivity index (χ3n) is 2.91. The van der Waals surface area contributed by atoms with Crippen LogP contribution in [0.25, 0.3) is 0 Å². The maximum Gasteiger partial charge on any atom is 0.166 e. The molecule has 1 aromatic rings. The van der Waals surface area contributed by atoms with Gasteiger partial charge in [-0.1, -0.05) is 6.42 Å². The third kappa shape index (κ3) is 1.87. The molecule has 0 aromatic heterocycles. The van der Waals surface area contributed by atoms with Crippen molar-refractivity contribution >= 4 is 5.78 Å². The number of hydrogen-bond acceptors (Lipinski definition) is 2. The fraction of sp³-hybridized carbons (Fsp3) is 0.417. The van der Waals surface area contributed by atoms with Crippen LogP contribution in [0.1, 0.15) is 29.6 Å². The van der Waals surface area contributed by atoms with Crippen LogP contribution in [0, 0.1) is 11.7 Å². The molecule has 1 aliphatic rings. The van der Waals surface area contributed by atoms with E-state index in [1.807, 2.05) is 0 Å². The smallest absolute Gasteiger partial charge is 0.166 e. The number of carbonyl (C=O) groups is 1. The Bertz CT molecular complexity index is 383. The first-order chi connectivity index (χ1) is 7.22. The monoisotopic (exact) mass is 208 g/mol.